The molecule has 48 heavy (non-hydrogen) atoms. The number of carboxylic acid groups (broad SMARTS) is 1. The third-order valence-electron chi connectivity index (χ3n) is 8.35. The number of carbonyl (C=O) groups is 4. The van der Waals surface area contributed by atoms with Gasteiger partial charge in [0.25, 0.3) is 0 Å². The van der Waals surface area contributed by atoms with Crippen molar-refractivity contribution < 1.29 is 34.5 Å². The zero-order chi connectivity index (χ0) is 35.7. The number of H-pyrrole nitrogens is 1. The molecule has 0 aliphatic heterocycles. The van der Waals surface area contributed by atoms with Crippen LogP contribution in [-0.2, 0) is 25.6 Å². The first-order valence-corrected chi connectivity index (χ1v) is 16.8. The number of aromatic amines is 1. The van der Waals surface area contributed by atoms with Crippen molar-refractivity contribution in [1.82, 2.24) is 20.5 Å². The molecule has 3 amide bonds. The Hall–Kier alpha value is -4.16. The lowest BCUT2D eigenvalue weighted by Crippen LogP contribution is -2.55. The molecular formula is C36H47BrN4O7. The predicted octanol–water partition coefficient (Wildman–Crippen LogP) is 5.22. The van der Waals surface area contributed by atoms with E-state index in [9.17, 15) is 34.5 Å². The number of fused-ring (bicyclic) bond motifs is 1. The first-order chi connectivity index (χ1) is 22.6. The van der Waals surface area contributed by atoms with E-state index in [-0.39, 0.29) is 24.0 Å². The van der Waals surface area contributed by atoms with Gasteiger partial charge in [-0.3, -0.25) is 19.2 Å². The largest absolute Gasteiger partial charge is 0.508 e. The molecule has 0 bridgehead atoms. The molecule has 1 heterocycles. The summed E-state index contributed by atoms with van der Waals surface area (Å²) in [5.41, 5.74) is 3.07. The number of likely N-dealkylation sites (N-methyl/N-ethyl adjacent to an activating group) is 1. The molecule has 0 unspecified atom stereocenters. The van der Waals surface area contributed by atoms with Crippen molar-refractivity contribution in [1.29, 1.82) is 0 Å². The fourth-order valence-electron chi connectivity index (χ4n) is 5.98. The second-order valence-corrected chi connectivity index (χ2v) is 13.6. The van der Waals surface area contributed by atoms with Gasteiger partial charge >= 0.3 is 5.97 Å². The fourth-order valence-corrected chi connectivity index (χ4v) is 6.57. The Morgan fingerprint density at radius 2 is 1.60 bits per heavy atom. The second-order valence-electron chi connectivity index (χ2n) is 12.8. The molecule has 3 aromatic rings. The summed E-state index contributed by atoms with van der Waals surface area (Å²) in [7, 11) is 1.49. The average molecular weight is 728 g/mol. The second kappa shape index (κ2) is 17.3. The fraction of sp³-hybridized carbons (Fsp3) is 0.444. The van der Waals surface area contributed by atoms with Gasteiger partial charge in [0, 0.05) is 30.3 Å². The molecule has 2 aromatic carbocycles. The maximum absolute atomic E-state index is 14.0. The van der Waals surface area contributed by atoms with E-state index < -0.39 is 54.4 Å². The molecule has 0 radical (unpaired) electrons. The Bertz CT molecular complexity index is 1620. The Morgan fingerprint density at radius 3 is 2.23 bits per heavy atom. The molecule has 1 aromatic heterocycles. The van der Waals surface area contributed by atoms with Crippen LogP contribution in [0.15, 0.2) is 64.8 Å². The Balaban J connectivity index is 1.85. The zero-order valence-corrected chi connectivity index (χ0v) is 29.9. The lowest BCUT2D eigenvalue weighted by atomic mass is 9.95. The quantitative estimate of drug-likeness (QED) is 0.110. The lowest BCUT2D eigenvalue weighted by Gasteiger charge is -2.31. The number of nitrogens with zero attached hydrogens (tertiary/aromatic N) is 1. The van der Waals surface area contributed by atoms with Crippen molar-refractivity contribution in [2.75, 3.05) is 7.05 Å². The monoisotopic (exact) mass is 726 g/mol. The van der Waals surface area contributed by atoms with E-state index in [2.05, 4.69) is 31.5 Å². The molecule has 11 nitrogen and oxygen atoms in total. The minimum absolute atomic E-state index is 0.00558. The van der Waals surface area contributed by atoms with Crippen LogP contribution in [0.5, 0.6) is 5.75 Å². The Kier molecular flexibility index (Phi) is 13.8. The van der Waals surface area contributed by atoms with E-state index in [1.165, 1.54) is 36.2 Å². The zero-order valence-electron chi connectivity index (χ0n) is 28.3. The number of nitrogens with one attached hydrogen (secondary N) is 3. The van der Waals surface area contributed by atoms with Gasteiger partial charge in [0.2, 0.25) is 17.7 Å². The predicted molar refractivity (Wildman–Crippen MR) is 188 cm³/mol. The molecule has 260 valence electrons. The molecule has 6 N–H and O–H groups in total. The highest BCUT2D eigenvalue weighted by molar-refractivity contribution is 9.10. The number of aliphatic hydroxyl groups is 1. The van der Waals surface area contributed by atoms with Crippen LogP contribution in [0.25, 0.3) is 10.9 Å². The number of carbonyl (C=O) groups excluding carboxylic acids is 3. The highest BCUT2D eigenvalue weighted by Crippen LogP contribution is 2.29. The van der Waals surface area contributed by atoms with Gasteiger partial charge in [-0.25, -0.2) is 0 Å². The smallest absolute Gasteiger partial charge is 0.305 e. The molecule has 0 fully saturated rings. The van der Waals surface area contributed by atoms with Crippen LogP contribution >= 0.6 is 15.9 Å². The number of benzene rings is 2. The van der Waals surface area contributed by atoms with Gasteiger partial charge in [-0.15, -0.1) is 0 Å². The number of halogens is 1. The average Bonchev–Trinajstić information content (AvgIpc) is 3.32. The van der Waals surface area contributed by atoms with E-state index in [1.807, 2.05) is 44.2 Å². The summed E-state index contributed by atoms with van der Waals surface area (Å²) in [6, 6.07) is 10.4. The molecule has 12 heteroatoms. The van der Waals surface area contributed by atoms with E-state index >= 15 is 0 Å². The number of aliphatic hydroxyl groups excluding tert-OH is 1. The van der Waals surface area contributed by atoms with Crippen molar-refractivity contribution in [3.8, 4) is 5.75 Å². The minimum Gasteiger partial charge on any atom is -0.508 e. The van der Waals surface area contributed by atoms with Crippen LogP contribution in [0.2, 0.25) is 0 Å². The molecule has 0 aliphatic carbocycles. The highest BCUT2D eigenvalue weighted by Gasteiger charge is 2.34. The maximum atomic E-state index is 14.0. The third kappa shape index (κ3) is 10.7. The van der Waals surface area contributed by atoms with Gasteiger partial charge in [-0.2, -0.15) is 0 Å². The summed E-state index contributed by atoms with van der Waals surface area (Å²) in [5, 5.41) is 35.5. The number of aromatic hydroxyl groups is 1. The standard InChI is InChI=1S/C36H47BrN4O7/c1-20(15-21(2)17-23(4)42)16-22(3)34(46)38-24(5)36(48)41(6)31(18-28-27-9-7-8-10-29(27)39-33(28)37)35(47)40-30(19-32(44)45)25-11-13-26(43)14-12-25/h7-15,21-24,30-31,39,42-43H,16-19H2,1-6H3,(H,38,46)(H,40,47)(H,44,45)/t21-,22-,23-,24-,30+,31+/m0/s1. The summed E-state index contributed by atoms with van der Waals surface area (Å²) in [6.07, 6.45) is 2.38. The van der Waals surface area contributed by atoms with Crippen LogP contribution in [0.3, 0.4) is 0 Å². The summed E-state index contributed by atoms with van der Waals surface area (Å²) < 4.78 is 0.643. The van der Waals surface area contributed by atoms with Gasteiger partial charge in [-0.1, -0.05) is 55.8 Å². The normalized spacial score (nSPS) is 15.5. The maximum Gasteiger partial charge on any atom is 0.305 e. The number of hydrogen-bond donors (Lipinski definition) is 6. The lowest BCUT2D eigenvalue weighted by molar-refractivity contribution is -0.142. The molecule has 0 aliphatic rings. The highest BCUT2D eigenvalue weighted by atomic mass is 79.9. The Labute approximate surface area is 289 Å². The van der Waals surface area contributed by atoms with Gasteiger partial charge < -0.3 is 35.8 Å². The van der Waals surface area contributed by atoms with Gasteiger partial charge in [0.15, 0.2) is 0 Å². The van der Waals surface area contributed by atoms with Crippen LogP contribution < -0.4 is 10.6 Å². The number of hydrogen-bond acceptors (Lipinski definition) is 6. The topological polar surface area (TPSA) is 172 Å². The van der Waals surface area contributed by atoms with Crippen molar-refractivity contribution >= 4 is 50.5 Å². The van der Waals surface area contributed by atoms with Gasteiger partial charge in [-0.05, 0) is 84.8 Å². The summed E-state index contributed by atoms with van der Waals surface area (Å²) in [6.45, 7) is 9.03. The molecule has 0 spiro atoms. The van der Waals surface area contributed by atoms with Crippen LogP contribution in [-0.4, -0.2) is 74.1 Å². The molecule has 0 saturated carbocycles. The number of amides is 3. The number of rotatable bonds is 16. The van der Waals surface area contributed by atoms with Crippen molar-refractivity contribution in [2.45, 2.75) is 84.5 Å². The van der Waals surface area contributed by atoms with Crippen LogP contribution in [0.4, 0.5) is 0 Å². The number of para-hydroxylation sites is 1. The number of allylic oxidation sites excluding steroid dienone is 2. The summed E-state index contributed by atoms with van der Waals surface area (Å²) in [4.78, 5) is 57.3. The summed E-state index contributed by atoms with van der Waals surface area (Å²) in [5.74, 6) is -2.81. The van der Waals surface area contributed by atoms with E-state index in [1.54, 1.807) is 20.8 Å². The van der Waals surface area contributed by atoms with Crippen molar-refractivity contribution in [2.24, 2.45) is 11.8 Å². The van der Waals surface area contributed by atoms with E-state index in [4.69, 9.17) is 0 Å². The van der Waals surface area contributed by atoms with E-state index in [0.717, 1.165) is 22.0 Å². The SMILES string of the molecule is CC(=C[C@H](C)C[C@H](C)O)C[C@H](C)C(=O)N[C@@H](C)C(=O)N(C)[C@H](Cc1c(Br)[nH]c2ccccc12)C(=O)N[C@H](CC(=O)O)c1ccc(O)cc1. The van der Waals surface area contributed by atoms with Gasteiger partial charge in [0.05, 0.1) is 23.2 Å². The molecule has 3 rings (SSSR count). The third-order valence-corrected chi connectivity index (χ3v) is 9.03. The van der Waals surface area contributed by atoms with Gasteiger partial charge in [0.1, 0.15) is 17.8 Å². The number of carboxylic acids is 1. The number of aromatic nitrogens is 1. The minimum atomic E-state index is -1.14. The number of phenols is 1. The first-order valence-electron chi connectivity index (χ1n) is 16.1. The van der Waals surface area contributed by atoms with E-state index in [0.29, 0.717) is 23.0 Å². The molecular weight excluding hydrogens is 680 g/mol. The van der Waals surface area contributed by atoms with Crippen LogP contribution in [0.1, 0.15) is 71.0 Å². The van der Waals surface area contributed by atoms with Crippen LogP contribution in [0, 0.1) is 11.8 Å². The Morgan fingerprint density at radius 1 is 0.958 bits per heavy atom. The number of phenolic OH excluding ortho intramolecular Hbond substituents is 1. The van der Waals surface area contributed by atoms with Crippen molar-refractivity contribution in [3.05, 3.63) is 75.9 Å². The number of aliphatic carboxylic acids is 1. The molecule has 0 saturated heterocycles. The first kappa shape index (κ1) is 38.3. The molecule has 6 atom stereocenters. The van der Waals surface area contributed by atoms with Crippen molar-refractivity contribution in [3.63, 3.8) is 0 Å². The summed E-state index contributed by atoms with van der Waals surface area (Å²) >= 11 is 3.56.